The number of carboxylic acids is 1. The maximum atomic E-state index is 11.2. The molecule has 1 aliphatic rings. The van der Waals surface area contributed by atoms with Crippen molar-refractivity contribution in [2.75, 3.05) is 11.9 Å². The molecule has 0 unspecified atom stereocenters. The van der Waals surface area contributed by atoms with Crippen molar-refractivity contribution in [3.05, 3.63) is 53.9 Å². The fraction of sp³-hybridized carbons (Fsp3) is 0.263. The lowest BCUT2D eigenvalue weighted by molar-refractivity contribution is 0.0697. The number of anilines is 1. The maximum Gasteiger partial charge on any atom is 0.335 e. The van der Waals surface area contributed by atoms with E-state index in [1.54, 1.807) is 35.3 Å². The Labute approximate surface area is 150 Å². The van der Waals surface area contributed by atoms with Gasteiger partial charge in [-0.3, -0.25) is 0 Å². The molecule has 0 atom stereocenters. The average Bonchev–Trinajstić information content (AvgIpc) is 3.35. The van der Waals surface area contributed by atoms with Crippen LogP contribution in [0, 0.1) is 12.8 Å². The number of nitrogens with zero attached hydrogens (tertiary/aromatic N) is 4. The molecular weight excluding hydrogens is 330 g/mol. The number of rotatable bonds is 6. The Bertz CT molecular complexity index is 945. The van der Waals surface area contributed by atoms with E-state index < -0.39 is 5.97 Å². The molecular formula is C19H19N5O2. The summed E-state index contributed by atoms with van der Waals surface area (Å²) in [5.41, 5.74) is 3.38. The van der Waals surface area contributed by atoms with Crippen LogP contribution >= 0.6 is 0 Å². The molecule has 0 aliphatic heterocycles. The van der Waals surface area contributed by atoms with Crippen molar-refractivity contribution in [3.8, 4) is 16.9 Å². The summed E-state index contributed by atoms with van der Waals surface area (Å²) in [6, 6.07) is 8.84. The lowest BCUT2D eigenvalue weighted by Gasteiger charge is -2.06. The highest BCUT2D eigenvalue weighted by Gasteiger charge is 2.20. The summed E-state index contributed by atoms with van der Waals surface area (Å²) in [6.45, 7) is 2.88. The molecule has 1 aliphatic carbocycles. The lowest BCUT2D eigenvalue weighted by atomic mass is 10.1. The quantitative estimate of drug-likeness (QED) is 0.710. The number of carboxylic acid groups (broad SMARTS) is 1. The Hall–Kier alpha value is -3.22. The highest BCUT2D eigenvalue weighted by molar-refractivity contribution is 5.88. The van der Waals surface area contributed by atoms with Crippen molar-refractivity contribution >= 4 is 11.8 Å². The number of aromatic nitrogens is 4. The van der Waals surface area contributed by atoms with Gasteiger partial charge in [0.2, 0.25) is 0 Å². The third-order valence-electron chi connectivity index (χ3n) is 4.52. The molecule has 2 aromatic heterocycles. The molecule has 2 heterocycles. The summed E-state index contributed by atoms with van der Waals surface area (Å²) in [4.78, 5) is 15.6. The van der Waals surface area contributed by atoms with Gasteiger partial charge in [-0.05, 0) is 55.5 Å². The van der Waals surface area contributed by atoms with Crippen molar-refractivity contribution in [1.82, 2.24) is 20.0 Å². The Morgan fingerprint density at radius 3 is 2.85 bits per heavy atom. The molecule has 4 rings (SSSR count). The van der Waals surface area contributed by atoms with E-state index in [9.17, 15) is 9.90 Å². The minimum Gasteiger partial charge on any atom is -0.478 e. The van der Waals surface area contributed by atoms with Crippen molar-refractivity contribution in [2.45, 2.75) is 19.8 Å². The predicted molar refractivity (Wildman–Crippen MR) is 97.5 cm³/mol. The Morgan fingerprint density at radius 2 is 2.15 bits per heavy atom. The molecule has 0 spiro atoms. The predicted octanol–water partition coefficient (Wildman–Crippen LogP) is 3.16. The van der Waals surface area contributed by atoms with Gasteiger partial charge in [0, 0.05) is 18.3 Å². The number of hydrogen-bond donors (Lipinski definition) is 2. The SMILES string of the molecule is Cc1ccc(C(=O)O)cc1-n1cc(-c2ccc(NCC3CC3)nc2)nn1. The average molecular weight is 349 g/mol. The van der Waals surface area contributed by atoms with Crippen LogP contribution in [0.1, 0.15) is 28.8 Å². The van der Waals surface area contributed by atoms with Gasteiger partial charge in [-0.1, -0.05) is 11.3 Å². The molecule has 26 heavy (non-hydrogen) atoms. The Kier molecular flexibility index (Phi) is 4.12. The van der Waals surface area contributed by atoms with Crippen molar-refractivity contribution in [3.63, 3.8) is 0 Å². The van der Waals surface area contributed by atoms with Crippen LogP contribution in [-0.4, -0.2) is 37.6 Å². The molecule has 7 heteroatoms. The fourth-order valence-electron chi connectivity index (χ4n) is 2.72. The van der Waals surface area contributed by atoms with Gasteiger partial charge in [0.25, 0.3) is 0 Å². The largest absolute Gasteiger partial charge is 0.478 e. The lowest BCUT2D eigenvalue weighted by Crippen LogP contribution is -2.04. The third kappa shape index (κ3) is 3.42. The van der Waals surface area contributed by atoms with Gasteiger partial charge in [-0.25, -0.2) is 14.5 Å². The normalized spacial score (nSPS) is 13.6. The summed E-state index contributed by atoms with van der Waals surface area (Å²) in [6.07, 6.45) is 6.15. The Balaban J connectivity index is 1.56. The smallest absolute Gasteiger partial charge is 0.335 e. The summed E-state index contributed by atoms with van der Waals surface area (Å²) < 4.78 is 1.59. The van der Waals surface area contributed by atoms with E-state index in [0.717, 1.165) is 29.4 Å². The number of hydrogen-bond acceptors (Lipinski definition) is 5. The molecule has 0 saturated heterocycles. The molecule has 1 fully saturated rings. The zero-order chi connectivity index (χ0) is 18.1. The summed E-state index contributed by atoms with van der Waals surface area (Å²) in [5.74, 6) is 0.685. The van der Waals surface area contributed by atoms with E-state index in [2.05, 4.69) is 20.6 Å². The van der Waals surface area contributed by atoms with E-state index >= 15 is 0 Å². The van der Waals surface area contributed by atoms with E-state index in [1.807, 2.05) is 19.1 Å². The van der Waals surface area contributed by atoms with Crippen LogP contribution in [0.15, 0.2) is 42.7 Å². The summed E-state index contributed by atoms with van der Waals surface area (Å²) >= 11 is 0. The van der Waals surface area contributed by atoms with Crippen LogP contribution < -0.4 is 5.32 Å². The molecule has 1 aromatic carbocycles. The monoisotopic (exact) mass is 349 g/mol. The molecule has 0 amide bonds. The van der Waals surface area contributed by atoms with Crippen LogP contribution in [0.3, 0.4) is 0 Å². The zero-order valence-corrected chi connectivity index (χ0v) is 14.4. The third-order valence-corrected chi connectivity index (χ3v) is 4.52. The van der Waals surface area contributed by atoms with Crippen LogP contribution in [0.25, 0.3) is 16.9 Å². The van der Waals surface area contributed by atoms with Crippen molar-refractivity contribution in [2.24, 2.45) is 5.92 Å². The summed E-state index contributed by atoms with van der Waals surface area (Å²) in [7, 11) is 0. The van der Waals surface area contributed by atoms with E-state index in [4.69, 9.17) is 0 Å². The van der Waals surface area contributed by atoms with Crippen LogP contribution in [0.5, 0.6) is 0 Å². The molecule has 2 N–H and O–H groups in total. The second-order valence-electron chi connectivity index (χ2n) is 6.61. The molecule has 0 bridgehead atoms. The molecule has 132 valence electrons. The van der Waals surface area contributed by atoms with Crippen LogP contribution in [0.2, 0.25) is 0 Å². The van der Waals surface area contributed by atoms with Gasteiger partial charge in [0.05, 0.1) is 17.4 Å². The number of benzene rings is 1. The first-order chi connectivity index (χ1) is 12.6. The number of aryl methyl sites for hydroxylation is 1. The second-order valence-corrected chi connectivity index (χ2v) is 6.61. The van der Waals surface area contributed by atoms with Gasteiger partial charge in [0.1, 0.15) is 11.5 Å². The standard InChI is InChI=1S/C19H19N5O2/c1-12-2-5-14(19(25)26)8-17(12)24-11-16(22-23-24)15-6-7-18(21-10-15)20-9-13-3-4-13/h2,5-8,10-11,13H,3-4,9H2,1H3,(H,20,21)(H,25,26). The minimum absolute atomic E-state index is 0.218. The second kappa shape index (κ2) is 6.59. The van der Waals surface area contributed by atoms with Crippen molar-refractivity contribution in [1.29, 1.82) is 0 Å². The Morgan fingerprint density at radius 1 is 1.31 bits per heavy atom. The first kappa shape index (κ1) is 16.3. The molecule has 0 radical (unpaired) electrons. The molecule has 3 aromatic rings. The summed E-state index contributed by atoms with van der Waals surface area (Å²) in [5, 5.41) is 20.9. The van der Waals surface area contributed by atoms with Gasteiger partial charge in [0.15, 0.2) is 0 Å². The minimum atomic E-state index is -0.968. The molecule has 7 nitrogen and oxygen atoms in total. The number of pyridine rings is 1. The van der Waals surface area contributed by atoms with E-state index in [1.165, 1.54) is 12.8 Å². The first-order valence-corrected chi connectivity index (χ1v) is 8.57. The van der Waals surface area contributed by atoms with Gasteiger partial charge < -0.3 is 10.4 Å². The van der Waals surface area contributed by atoms with Gasteiger partial charge >= 0.3 is 5.97 Å². The molecule has 1 saturated carbocycles. The number of nitrogens with one attached hydrogen (secondary N) is 1. The van der Waals surface area contributed by atoms with Gasteiger partial charge in [-0.15, -0.1) is 5.10 Å². The van der Waals surface area contributed by atoms with Crippen LogP contribution in [0.4, 0.5) is 5.82 Å². The first-order valence-electron chi connectivity index (χ1n) is 8.57. The fourth-order valence-corrected chi connectivity index (χ4v) is 2.72. The number of carbonyl (C=O) groups is 1. The highest BCUT2D eigenvalue weighted by atomic mass is 16.4. The van der Waals surface area contributed by atoms with Crippen LogP contribution in [-0.2, 0) is 0 Å². The van der Waals surface area contributed by atoms with E-state index in [0.29, 0.717) is 11.4 Å². The van der Waals surface area contributed by atoms with Crippen molar-refractivity contribution < 1.29 is 9.90 Å². The highest BCUT2D eigenvalue weighted by Crippen LogP contribution is 2.29. The van der Waals surface area contributed by atoms with E-state index in [-0.39, 0.29) is 5.56 Å². The number of aromatic carboxylic acids is 1. The maximum absolute atomic E-state index is 11.2. The topological polar surface area (TPSA) is 92.9 Å². The van der Waals surface area contributed by atoms with Gasteiger partial charge in [-0.2, -0.15) is 0 Å². The zero-order valence-electron chi connectivity index (χ0n) is 14.4.